The predicted octanol–water partition coefficient (Wildman–Crippen LogP) is 2.96. The molecule has 0 aromatic carbocycles. The van der Waals surface area contributed by atoms with Crippen molar-refractivity contribution in [3.05, 3.63) is 35.9 Å². The van der Waals surface area contributed by atoms with E-state index in [9.17, 15) is 9.59 Å². The lowest BCUT2D eigenvalue weighted by Crippen LogP contribution is -2.46. The summed E-state index contributed by atoms with van der Waals surface area (Å²) < 4.78 is 20.4. The van der Waals surface area contributed by atoms with Crippen LogP contribution in [0.3, 0.4) is 0 Å². The first kappa shape index (κ1) is 22.5. The second-order valence-electron chi connectivity index (χ2n) is 9.03. The van der Waals surface area contributed by atoms with Crippen LogP contribution in [0.2, 0.25) is 0 Å². The van der Waals surface area contributed by atoms with E-state index in [1.807, 2.05) is 0 Å². The highest BCUT2D eigenvalue weighted by Gasteiger charge is 2.33. The first-order valence-electron chi connectivity index (χ1n) is 11.5. The Morgan fingerprint density at radius 1 is 1.16 bits per heavy atom. The average molecular weight is 446 g/mol. The van der Waals surface area contributed by atoms with Gasteiger partial charge in [0, 0.05) is 38.4 Å². The molecule has 2 aliphatic heterocycles. The maximum Gasteiger partial charge on any atom is 0.275 e. The summed E-state index contributed by atoms with van der Waals surface area (Å²) in [7, 11) is 1.52. The lowest BCUT2D eigenvalue weighted by molar-refractivity contribution is -0.127. The van der Waals surface area contributed by atoms with Crippen molar-refractivity contribution in [1.82, 2.24) is 20.4 Å². The Morgan fingerprint density at radius 3 is 2.56 bits per heavy atom. The normalized spacial score (nSPS) is 26.4. The van der Waals surface area contributed by atoms with Crippen LogP contribution in [0, 0.1) is 17.7 Å². The van der Waals surface area contributed by atoms with Crippen LogP contribution in [0.5, 0.6) is 0 Å². The van der Waals surface area contributed by atoms with E-state index in [0.717, 1.165) is 31.6 Å². The Balaban J connectivity index is 1.33. The minimum atomic E-state index is -0.705. The number of hydrogen-bond donors (Lipinski definition) is 2. The van der Waals surface area contributed by atoms with Crippen LogP contribution in [0.1, 0.15) is 55.9 Å². The van der Waals surface area contributed by atoms with E-state index in [-0.39, 0.29) is 29.4 Å². The number of H-pyrrole nitrogens is 1. The van der Waals surface area contributed by atoms with Gasteiger partial charge in [-0.25, -0.2) is 4.39 Å². The molecule has 9 heteroatoms. The van der Waals surface area contributed by atoms with Gasteiger partial charge in [0.15, 0.2) is 23.6 Å². The summed E-state index contributed by atoms with van der Waals surface area (Å²) in [6.07, 6.45) is 12.0. The largest absolute Gasteiger partial charge is 0.358 e. The quantitative estimate of drug-likeness (QED) is 0.727. The van der Waals surface area contributed by atoms with Crippen LogP contribution in [0.15, 0.2) is 24.4 Å². The molecule has 32 heavy (non-hydrogen) atoms. The van der Waals surface area contributed by atoms with Crippen LogP contribution >= 0.6 is 0 Å². The minimum Gasteiger partial charge on any atom is -0.358 e. The maximum atomic E-state index is 15.1. The predicted molar refractivity (Wildman–Crippen MR) is 118 cm³/mol. The molecule has 1 aromatic rings. The van der Waals surface area contributed by atoms with Gasteiger partial charge < -0.3 is 15.0 Å². The molecule has 3 heterocycles. The Labute approximate surface area is 187 Å². The highest BCUT2D eigenvalue weighted by atomic mass is 19.1. The van der Waals surface area contributed by atoms with Gasteiger partial charge in [-0.3, -0.25) is 19.6 Å². The third-order valence-corrected chi connectivity index (χ3v) is 6.81. The van der Waals surface area contributed by atoms with Crippen molar-refractivity contribution in [2.24, 2.45) is 11.8 Å². The van der Waals surface area contributed by atoms with Gasteiger partial charge >= 0.3 is 0 Å². The molecule has 3 aliphatic rings. The molecule has 1 atom stereocenters. The van der Waals surface area contributed by atoms with Crippen molar-refractivity contribution in [2.75, 3.05) is 25.1 Å². The molecule has 4 rings (SSSR count). The highest BCUT2D eigenvalue weighted by Crippen LogP contribution is 2.27. The molecule has 174 valence electrons. The van der Waals surface area contributed by atoms with E-state index in [1.54, 1.807) is 29.3 Å². The summed E-state index contributed by atoms with van der Waals surface area (Å²) in [5.41, 5.74) is -0.169. The number of anilines is 1. The number of amides is 2. The summed E-state index contributed by atoms with van der Waals surface area (Å²) in [4.78, 5) is 28.7. The van der Waals surface area contributed by atoms with Gasteiger partial charge in [0.2, 0.25) is 5.91 Å². The molecule has 2 amide bonds. The van der Waals surface area contributed by atoms with Crippen molar-refractivity contribution in [2.45, 2.75) is 57.7 Å². The zero-order valence-corrected chi connectivity index (χ0v) is 18.7. The molecule has 1 aromatic heterocycles. The van der Waals surface area contributed by atoms with Crippen LogP contribution in [-0.2, 0) is 9.53 Å². The lowest BCUT2D eigenvalue weighted by atomic mass is 9.86. The fraction of sp³-hybridized carbons (Fsp3) is 0.609. The number of rotatable bonds is 5. The van der Waals surface area contributed by atoms with Gasteiger partial charge in [0.1, 0.15) is 0 Å². The van der Waals surface area contributed by atoms with E-state index in [0.29, 0.717) is 25.9 Å². The number of allylic oxidation sites excluding steroid dienone is 2. The molecule has 1 saturated carbocycles. The van der Waals surface area contributed by atoms with E-state index >= 15 is 4.39 Å². The van der Waals surface area contributed by atoms with Crippen molar-refractivity contribution in [3.63, 3.8) is 0 Å². The van der Waals surface area contributed by atoms with Gasteiger partial charge in [-0.2, -0.15) is 5.10 Å². The van der Waals surface area contributed by atoms with E-state index in [1.165, 1.54) is 12.0 Å². The smallest absolute Gasteiger partial charge is 0.275 e. The van der Waals surface area contributed by atoms with Crippen molar-refractivity contribution in [3.8, 4) is 0 Å². The number of nitrogens with zero attached hydrogens (tertiary/aromatic N) is 3. The molecule has 0 bridgehead atoms. The molecular weight excluding hydrogens is 413 g/mol. The molecule has 2 N–H and O–H groups in total. The monoisotopic (exact) mass is 445 g/mol. The van der Waals surface area contributed by atoms with E-state index < -0.39 is 18.0 Å². The van der Waals surface area contributed by atoms with Gasteiger partial charge in [-0.1, -0.05) is 13.0 Å². The zero-order valence-electron chi connectivity index (χ0n) is 18.7. The number of ether oxygens (including phenoxy) is 1. The Hall–Kier alpha value is -2.68. The van der Waals surface area contributed by atoms with Gasteiger partial charge in [0.25, 0.3) is 5.91 Å². The van der Waals surface area contributed by atoms with E-state index in [4.69, 9.17) is 4.74 Å². The summed E-state index contributed by atoms with van der Waals surface area (Å²) in [5, 5.41) is 9.77. The number of methoxy groups -OCH3 is 1. The summed E-state index contributed by atoms with van der Waals surface area (Å²) in [6, 6.07) is 0.269. The Kier molecular flexibility index (Phi) is 6.93. The fourth-order valence-electron chi connectivity index (χ4n) is 4.72. The molecule has 8 nitrogen and oxygen atoms in total. The van der Waals surface area contributed by atoms with Gasteiger partial charge in [-0.05, 0) is 56.6 Å². The number of halogens is 1. The van der Waals surface area contributed by atoms with Gasteiger partial charge in [-0.15, -0.1) is 0 Å². The van der Waals surface area contributed by atoms with Crippen LogP contribution in [-0.4, -0.2) is 59.4 Å². The SMILES string of the molecule is COC1C=CC=CN1c1n[nH]c(C(=O)N2CCC(C(=O)NC3CCC(C)CC3)CC2)c1F. The van der Waals surface area contributed by atoms with Crippen molar-refractivity contribution in [1.29, 1.82) is 0 Å². The van der Waals surface area contributed by atoms with Crippen molar-refractivity contribution >= 4 is 17.6 Å². The van der Waals surface area contributed by atoms with Crippen LogP contribution in [0.4, 0.5) is 10.2 Å². The molecule has 0 radical (unpaired) electrons. The van der Waals surface area contributed by atoms with Gasteiger partial charge in [0.05, 0.1) is 0 Å². The minimum absolute atomic E-state index is 0.0110. The molecule has 0 spiro atoms. The molecule has 1 aliphatic carbocycles. The third kappa shape index (κ3) is 4.72. The number of likely N-dealkylation sites (tertiary alicyclic amines) is 1. The van der Waals surface area contributed by atoms with Crippen molar-refractivity contribution < 1.29 is 18.7 Å². The molecule has 1 saturated heterocycles. The maximum absolute atomic E-state index is 15.1. The number of piperidine rings is 1. The number of aromatic amines is 1. The fourth-order valence-corrected chi connectivity index (χ4v) is 4.72. The molecule has 2 fully saturated rings. The summed E-state index contributed by atoms with van der Waals surface area (Å²) >= 11 is 0. The first-order chi connectivity index (χ1) is 15.5. The van der Waals surface area contributed by atoms with Crippen LogP contribution in [0.25, 0.3) is 0 Å². The highest BCUT2D eigenvalue weighted by molar-refractivity contribution is 5.93. The molecular formula is C23H32FN5O3. The van der Waals surface area contributed by atoms with E-state index in [2.05, 4.69) is 22.4 Å². The number of carbonyl (C=O) groups is 2. The summed E-state index contributed by atoms with van der Waals surface area (Å²) in [6.45, 7) is 3.09. The standard InChI is InChI=1S/C23H32FN5O3/c1-15-6-8-17(9-7-15)25-22(30)16-10-13-28(14-11-16)23(31)20-19(24)21(27-26-20)29-12-4-3-5-18(29)32-2/h3-5,12,15-18H,6-11,13-14H2,1-2H3,(H,25,30)(H,26,27). The molecule has 1 unspecified atom stereocenters. The number of nitrogens with one attached hydrogen (secondary N) is 2. The second-order valence-corrected chi connectivity index (χ2v) is 9.03. The second kappa shape index (κ2) is 9.85. The number of hydrogen-bond acceptors (Lipinski definition) is 5. The number of aromatic nitrogens is 2. The Bertz CT molecular complexity index is 882. The zero-order chi connectivity index (χ0) is 22.7. The number of carbonyl (C=O) groups excluding carboxylic acids is 2. The first-order valence-corrected chi connectivity index (χ1v) is 11.5. The summed E-state index contributed by atoms with van der Waals surface area (Å²) in [5.74, 6) is -0.411. The van der Waals surface area contributed by atoms with Crippen LogP contribution < -0.4 is 10.2 Å². The topological polar surface area (TPSA) is 90.6 Å². The lowest BCUT2D eigenvalue weighted by Gasteiger charge is -2.33. The third-order valence-electron chi connectivity index (χ3n) is 6.81. The average Bonchev–Trinajstić information content (AvgIpc) is 3.21. The Morgan fingerprint density at radius 2 is 1.88 bits per heavy atom.